The van der Waals surface area contributed by atoms with Crippen LogP contribution in [-0.4, -0.2) is 78.3 Å². The number of aliphatic hydroxyl groups excluding tert-OH is 1. The summed E-state index contributed by atoms with van der Waals surface area (Å²) in [4.78, 5) is 16.1. The number of carbonyl (C=O) groups excluding carboxylic acids is 1. The topological polar surface area (TPSA) is 79.0 Å². The molecular formula is C12H23N3O3S. The molecule has 3 N–H and O–H groups in total. The van der Waals surface area contributed by atoms with E-state index in [0.29, 0.717) is 44.1 Å². The molecule has 0 aliphatic carbocycles. The number of thiocarbonyl (C=S) groups is 1. The van der Waals surface area contributed by atoms with Gasteiger partial charge in [0.2, 0.25) is 5.91 Å². The van der Waals surface area contributed by atoms with E-state index in [2.05, 4.69) is 4.90 Å². The van der Waals surface area contributed by atoms with Crippen molar-refractivity contribution in [3.05, 3.63) is 0 Å². The van der Waals surface area contributed by atoms with E-state index in [4.69, 9.17) is 22.7 Å². The van der Waals surface area contributed by atoms with Crippen LogP contribution in [0.4, 0.5) is 0 Å². The van der Waals surface area contributed by atoms with Gasteiger partial charge >= 0.3 is 0 Å². The molecule has 0 saturated carbocycles. The second-order valence-corrected chi connectivity index (χ2v) is 5.25. The van der Waals surface area contributed by atoms with Crippen molar-refractivity contribution in [1.29, 1.82) is 0 Å². The van der Waals surface area contributed by atoms with Crippen LogP contribution in [0.3, 0.4) is 0 Å². The fourth-order valence-electron chi connectivity index (χ4n) is 1.98. The Morgan fingerprint density at radius 2 is 2.32 bits per heavy atom. The van der Waals surface area contributed by atoms with E-state index < -0.39 is 0 Å². The summed E-state index contributed by atoms with van der Waals surface area (Å²) < 4.78 is 5.30. The smallest absolute Gasteiger partial charge is 0.223 e. The number of carbonyl (C=O) groups is 1. The summed E-state index contributed by atoms with van der Waals surface area (Å²) in [6, 6.07) is 0.00322. The Kier molecular flexibility index (Phi) is 7.22. The Bertz CT molecular complexity index is 315. The molecule has 19 heavy (non-hydrogen) atoms. The van der Waals surface area contributed by atoms with Crippen LogP contribution in [-0.2, 0) is 9.53 Å². The van der Waals surface area contributed by atoms with Crippen LogP contribution in [0.5, 0.6) is 0 Å². The largest absolute Gasteiger partial charge is 0.395 e. The van der Waals surface area contributed by atoms with Gasteiger partial charge < -0.3 is 20.5 Å². The summed E-state index contributed by atoms with van der Waals surface area (Å²) in [5.41, 5.74) is 5.41. The Labute approximate surface area is 119 Å². The Morgan fingerprint density at radius 3 is 2.95 bits per heavy atom. The van der Waals surface area contributed by atoms with E-state index in [0.717, 1.165) is 6.54 Å². The van der Waals surface area contributed by atoms with Crippen LogP contribution < -0.4 is 5.73 Å². The van der Waals surface area contributed by atoms with E-state index in [1.165, 1.54) is 0 Å². The first-order chi connectivity index (χ1) is 9.04. The average molecular weight is 289 g/mol. The number of nitrogens with two attached hydrogens (primary N) is 1. The van der Waals surface area contributed by atoms with Gasteiger partial charge in [-0.15, -0.1) is 0 Å². The molecule has 110 valence electrons. The van der Waals surface area contributed by atoms with Crippen LogP contribution in [0.2, 0.25) is 0 Å². The molecular weight excluding hydrogens is 266 g/mol. The lowest BCUT2D eigenvalue weighted by Crippen LogP contribution is -2.48. The number of hydrogen-bond acceptors (Lipinski definition) is 5. The predicted octanol–water partition coefficient (Wildman–Crippen LogP) is -0.796. The van der Waals surface area contributed by atoms with Gasteiger partial charge in [-0.05, 0) is 0 Å². The molecule has 1 heterocycles. The second kappa shape index (κ2) is 8.42. The van der Waals surface area contributed by atoms with Gasteiger partial charge in [-0.2, -0.15) is 0 Å². The molecule has 6 nitrogen and oxygen atoms in total. The van der Waals surface area contributed by atoms with Crippen LogP contribution in [0.15, 0.2) is 0 Å². The zero-order chi connectivity index (χ0) is 14.3. The first kappa shape index (κ1) is 16.3. The van der Waals surface area contributed by atoms with Gasteiger partial charge in [0.15, 0.2) is 0 Å². The lowest BCUT2D eigenvalue weighted by Gasteiger charge is -2.34. The molecule has 1 atom stereocenters. The highest BCUT2D eigenvalue weighted by atomic mass is 32.1. The zero-order valence-electron chi connectivity index (χ0n) is 11.4. The van der Waals surface area contributed by atoms with Crippen LogP contribution in [0, 0.1) is 0 Å². The molecule has 0 aromatic rings. The van der Waals surface area contributed by atoms with E-state index in [-0.39, 0.29) is 18.6 Å². The van der Waals surface area contributed by atoms with Crippen LogP contribution >= 0.6 is 12.2 Å². The lowest BCUT2D eigenvalue weighted by molar-refractivity contribution is -0.130. The highest BCUT2D eigenvalue weighted by molar-refractivity contribution is 7.80. The SMILES string of the molecule is CN(CCC(N)=S)C(=O)CCN1CCOCC1CO. The van der Waals surface area contributed by atoms with E-state index in [9.17, 15) is 9.90 Å². The van der Waals surface area contributed by atoms with Crippen molar-refractivity contribution in [1.82, 2.24) is 9.80 Å². The van der Waals surface area contributed by atoms with E-state index >= 15 is 0 Å². The van der Waals surface area contributed by atoms with Crippen molar-refractivity contribution in [2.24, 2.45) is 5.73 Å². The minimum atomic E-state index is 0.00322. The number of ether oxygens (including phenoxy) is 1. The third-order valence-corrected chi connectivity index (χ3v) is 3.50. The molecule has 0 aromatic heterocycles. The second-order valence-electron chi connectivity index (χ2n) is 4.73. The van der Waals surface area contributed by atoms with Crippen molar-refractivity contribution in [2.75, 3.05) is 46.5 Å². The molecule has 0 spiro atoms. The number of hydrogen-bond donors (Lipinski definition) is 2. The number of rotatable bonds is 7. The number of aliphatic hydroxyl groups is 1. The third-order valence-electron chi connectivity index (χ3n) is 3.29. The summed E-state index contributed by atoms with van der Waals surface area (Å²) in [6.45, 7) is 3.20. The number of amides is 1. The monoisotopic (exact) mass is 289 g/mol. The summed E-state index contributed by atoms with van der Waals surface area (Å²) in [7, 11) is 1.75. The lowest BCUT2D eigenvalue weighted by atomic mass is 10.2. The quantitative estimate of drug-likeness (QED) is 0.598. The molecule has 1 rings (SSSR count). The number of morpholine rings is 1. The molecule has 1 unspecified atom stereocenters. The Morgan fingerprint density at radius 1 is 1.58 bits per heavy atom. The standard InChI is InChI=1S/C12H23N3O3S/c1-14(4-2-11(13)19)12(17)3-5-15-6-7-18-9-10(15)8-16/h10,16H,2-9H2,1H3,(H2,13,19). The predicted molar refractivity (Wildman–Crippen MR) is 76.9 cm³/mol. The fraction of sp³-hybridized carbons (Fsp3) is 0.833. The van der Waals surface area contributed by atoms with Gasteiger partial charge in [0.1, 0.15) is 0 Å². The van der Waals surface area contributed by atoms with Crippen LogP contribution in [0.1, 0.15) is 12.8 Å². The van der Waals surface area contributed by atoms with Crippen molar-refractivity contribution < 1.29 is 14.6 Å². The van der Waals surface area contributed by atoms with Crippen molar-refractivity contribution in [2.45, 2.75) is 18.9 Å². The minimum absolute atomic E-state index is 0.00322. The van der Waals surface area contributed by atoms with Crippen molar-refractivity contribution in [3.8, 4) is 0 Å². The van der Waals surface area contributed by atoms with E-state index in [1.807, 2.05) is 0 Å². The van der Waals surface area contributed by atoms with Gasteiger partial charge in [-0.1, -0.05) is 12.2 Å². The fourth-order valence-corrected chi connectivity index (χ4v) is 2.08. The molecule has 1 saturated heterocycles. The Hall–Kier alpha value is -0.760. The number of nitrogens with zero attached hydrogens (tertiary/aromatic N) is 2. The molecule has 1 fully saturated rings. The summed E-state index contributed by atoms with van der Waals surface area (Å²) in [6.07, 6.45) is 0.985. The maximum Gasteiger partial charge on any atom is 0.223 e. The highest BCUT2D eigenvalue weighted by Gasteiger charge is 2.23. The van der Waals surface area contributed by atoms with Crippen molar-refractivity contribution in [3.63, 3.8) is 0 Å². The molecule has 1 amide bonds. The normalized spacial score (nSPS) is 20.2. The molecule has 1 aliphatic heterocycles. The first-order valence-electron chi connectivity index (χ1n) is 6.49. The molecule has 0 bridgehead atoms. The minimum Gasteiger partial charge on any atom is -0.395 e. The summed E-state index contributed by atoms with van der Waals surface area (Å²) in [5, 5.41) is 9.24. The van der Waals surface area contributed by atoms with Gasteiger partial charge in [0.25, 0.3) is 0 Å². The Balaban J connectivity index is 2.29. The van der Waals surface area contributed by atoms with Gasteiger partial charge in [-0.25, -0.2) is 0 Å². The molecule has 7 heteroatoms. The summed E-state index contributed by atoms with van der Waals surface area (Å²) in [5.74, 6) is 0.0689. The van der Waals surface area contributed by atoms with Gasteiger partial charge in [0, 0.05) is 39.5 Å². The third kappa shape index (κ3) is 5.82. The molecule has 1 aliphatic rings. The highest BCUT2D eigenvalue weighted by Crippen LogP contribution is 2.07. The van der Waals surface area contributed by atoms with Gasteiger partial charge in [0.05, 0.1) is 30.9 Å². The first-order valence-corrected chi connectivity index (χ1v) is 6.90. The average Bonchev–Trinajstić information content (AvgIpc) is 2.42. The molecule has 0 radical (unpaired) electrons. The van der Waals surface area contributed by atoms with E-state index in [1.54, 1.807) is 11.9 Å². The summed E-state index contributed by atoms with van der Waals surface area (Å²) >= 11 is 4.79. The maximum atomic E-state index is 11.9. The van der Waals surface area contributed by atoms with Crippen molar-refractivity contribution >= 4 is 23.1 Å². The maximum absolute atomic E-state index is 11.9. The zero-order valence-corrected chi connectivity index (χ0v) is 12.2. The molecule has 0 aromatic carbocycles. The van der Waals surface area contributed by atoms with Gasteiger partial charge in [-0.3, -0.25) is 9.69 Å². The van der Waals surface area contributed by atoms with Crippen LogP contribution in [0.25, 0.3) is 0 Å².